The van der Waals surface area contributed by atoms with Gasteiger partial charge < -0.3 is 5.32 Å². The zero-order valence-electron chi connectivity index (χ0n) is 11.7. The van der Waals surface area contributed by atoms with E-state index in [2.05, 4.69) is 53.1 Å². The summed E-state index contributed by atoms with van der Waals surface area (Å²) in [6, 6.07) is 4.55. The molecule has 0 fully saturated rings. The summed E-state index contributed by atoms with van der Waals surface area (Å²) in [7, 11) is 0. The second-order valence-corrected chi connectivity index (χ2v) is 7.07. The molecule has 130 valence electrons. The highest BCUT2D eigenvalue weighted by Gasteiger charge is 2.31. The maximum Gasteiger partial charge on any atom is 0.306 e. The summed E-state index contributed by atoms with van der Waals surface area (Å²) in [5, 5.41) is 36.0. The third-order valence-corrected chi connectivity index (χ3v) is 5.41. The predicted molar refractivity (Wildman–Crippen MR) is 99.2 cm³/mol. The Morgan fingerprint density at radius 2 is 1.32 bits per heavy atom. The van der Waals surface area contributed by atoms with Crippen molar-refractivity contribution in [2.24, 2.45) is 0 Å². The summed E-state index contributed by atoms with van der Waals surface area (Å²) in [4.78, 5) is 30.6. The molecule has 10 nitrogen and oxygen atoms in total. The Labute approximate surface area is 164 Å². The van der Waals surface area contributed by atoms with Crippen molar-refractivity contribution in [1.82, 2.24) is 0 Å². The van der Waals surface area contributed by atoms with Gasteiger partial charge in [-0.2, -0.15) is 0 Å². The molecule has 13 heteroatoms. The van der Waals surface area contributed by atoms with E-state index >= 15 is 0 Å². The van der Waals surface area contributed by atoms with Gasteiger partial charge in [-0.25, -0.2) is 0 Å². The summed E-state index contributed by atoms with van der Waals surface area (Å²) in [6.45, 7) is 0. The molecular weight excluding hydrogens is 536 g/mol. The number of halogens is 3. The van der Waals surface area contributed by atoms with Gasteiger partial charge in [-0.1, -0.05) is 15.9 Å². The first kappa shape index (κ1) is 19.2. The minimum atomic E-state index is -0.935. The molecule has 0 aliphatic rings. The van der Waals surface area contributed by atoms with E-state index in [1.54, 1.807) is 6.07 Å². The molecule has 0 heterocycles. The zero-order valence-corrected chi connectivity index (χ0v) is 16.5. The summed E-state index contributed by atoms with van der Waals surface area (Å²) in [5.41, 5.74) is -2.51. The Kier molecular flexibility index (Phi) is 5.69. The van der Waals surface area contributed by atoms with Crippen LogP contribution in [0.3, 0.4) is 0 Å². The second-order valence-electron chi connectivity index (χ2n) is 4.50. The van der Waals surface area contributed by atoms with Crippen LogP contribution in [-0.4, -0.2) is 14.8 Å². The van der Waals surface area contributed by atoms with Gasteiger partial charge in [0.25, 0.3) is 5.69 Å². The Hall–Kier alpha value is -2.12. The molecule has 0 atom stereocenters. The number of nitrogens with one attached hydrogen (secondary N) is 1. The van der Waals surface area contributed by atoms with Crippen molar-refractivity contribution in [1.29, 1.82) is 0 Å². The molecule has 0 spiro atoms. The lowest BCUT2D eigenvalue weighted by molar-refractivity contribution is -0.401. The van der Waals surface area contributed by atoms with Crippen LogP contribution in [0.5, 0.6) is 0 Å². The minimum absolute atomic E-state index is 0.279. The van der Waals surface area contributed by atoms with E-state index in [4.69, 9.17) is 0 Å². The number of nitro groups is 3. The first-order chi connectivity index (χ1) is 11.6. The molecule has 2 aromatic rings. The number of benzene rings is 2. The molecule has 0 aliphatic heterocycles. The molecule has 0 saturated carbocycles. The van der Waals surface area contributed by atoms with Gasteiger partial charge in [0, 0.05) is 8.95 Å². The maximum absolute atomic E-state index is 11.3. The number of nitro benzene ring substituents is 3. The van der Waals surface area contributed by atoms with Crippen LogP contribution in [0.4, 0.5) is 28.4 Å². The van der Waals surface area contributed by atoms with Crippen molar-refractivity contribution < 1.29 is 14.8 Å². The molecule has 2 rings (SSSR count). The van der Waals surface area contributed by atoms with Crippen LogP contribution in [-0.2, 0) is 0 Å². The molecule has 0 saturated heterocycles. The first-order valence-electron chi connectivity index (χ1n) is 6.14. The molecule has 0 aromatic heterocycles. The van der Waals surface area contributed by atoms with Crippen molar-refractivity contribution in [3.63, 3.8) is 0 Å². The van der Waals surface area contributed by atoms with Gasteiger partial charge in [-0.05, 0) is 44.0 Å². The molecule has 0 radical (unpaired) electrons. The van der Waals surface area contributed by atoms with Crippen LogP contribution in [0.2, 0.25) is 0 Å². The van der Waals surface area contributed by atoms with E-state index in [-0.39, 0.29) is 5.69 Å². The van der Waals surface area contributed by atoms with Crippen LogP contribution in [0.15, 0.2) is 37.7 Å². The number of anilines is 2. The van der Waals surface area contributed by atoms with Crippen LogP contribution < -0.4 is 5.32 Å². The van der Waals surface area contributed by atoms with E-state index in [0.29, 0.717) is 25.6 Å². The number of nitrogens with zero attached hydrogens (tertiary/aromatic N) is 3. The fourth-order valence-corrected chi connectivity index (χ4v) is 3.45. The Bertz CT molecular complexity index is 885. The number of rotatable bonds is 5. The fourth-order valence-electron chi connectivity index (χ4n) is 1.90. The third kappa shape index (κ3) is 4.11. The van der Waals surface area contributed by atoms with E-state index in [1.807, 2.05) is 0 Å². The normalized spacial score (nSPS) is 10.4. The summed E-state index contributed by atoms with van der Waals surface area (Å²) >= 11 is 9.75. The summed E-state index contributed by atoms with van der Waals surface area (Å²) in [5.74, 6) is 0. The molecule has 1 N–H and O–H groups in total. The topological polar surface area (TPSA) is 141 Å². The maximum atomic E-state index is 11.3. The molecular formula is C12H5Br3N4O6. The summed E-state index contributed by atoms with van der Waals surface area (Å²) in [6.07, 6.45) is 0. The van der Waals surface area contributed by atoms with E-state index in [9.17, 15) is 30.3 Å². The number of hydrogen-bond donors (Lipinski definition) is 1. The largest absolute Gasteiger partial charge is 0.343 e. The second kappa shape index (κ2) is 7.41. The van der Waals surface area contributed by atoms with Crippen LogP contribution in [0.1, 0.15) is 0 Å². The molecule has 0 amide bonds. The van der Waals surface area contributed by atoms with Crippen molar-refractivity contribution in [2.45, 2.75) is 0 Å². The Balaban J connectivity index is 2.73. The molecule has 2 aromatic carbocycles. The lowest BCUT2D eigenvalue weighted by Gasteiger charge is -2.11. The quantitative estimate of drug-likeness (QED) is 0.302. The van der Waals surface area contributed by atoms with Crippen molar-refractivity contribution in [3.05, 3.63) is 68.0 Å². The number of hydrogen-bond acceptors (Lipinski definition) is 7. The standard InChI is InChI=1S/C12H5Br3N4O6/c13-5-1-7(14)11(15)8(2-5)16-12-9(18(22)23)3-6(17(20)21)4-10(12)19(24)25/h1-4,16H. The average molecular weight is 541 g/mol. The van der Waals surface area contributed by atoms with Crippen LogP contribution >= 0.6 is 47.8 Å². The molecule has 25 heavy (non-hydrogen) atoms. The number of non-ortho nitro benzene ring substituents is 1. The minimum Gasteiger partial charge on any atom is -0.343 e. The zero-order chi connectivity index (χ0) is 18.9. The predicted octanol–water partition coefficient (Wildman–Crippen LogP) is 5.44. The van der Waals surface area contributed by atoms with Crippen molar-refractivity contribution in [2.75, 3.05) is 5.32 Å². The fraction of sp³-hybridized carbons (Fsp3) is 0. The highest BCUT2D eigenvalue weighted by atomic mass is 79.9. The lowest BCUT2D eigenvalue weighted by Crippen LogP contribution is -2.04. The SMILES string of the molecule is O=[N+]([O-])c1cc([N+](=O)[O-])c(Nc2cc(Br)cc(Br)c2Br)c([N+](=O)[O-])c1. The van der Waals surface area contributed by atoms with Crippen LogP contribution in [0, 0.1) is 30.3 Å². The Morgan fingerprint density at radius 3 is 1.76 bits per heavy atom. The lowest BCUT2D eigenvalue weighted by atomic mass is 10.2. The van der Waals surface area contributed by atoms with Crippen LogP contribution in [0.25, 0.3) is 0 Å². The highest BCUT2D eigenvalue weighted by molar-refractivity contribution is 9.13. The van der Waals surface area contributed by atoms with Gasteiger partial charge in [-0.15, -0.1) is 0 Å². The average Bonchev–Trinajstić information content (AvgIpc) is 2.51. The van der Waals surface area contributed by atoms with E-state index < -0.39 is 37.5 Å². The molecule has 0 bridgehead atoms. The van der Waals surface area contributed by atoms with E-state index in [0.717, 1.165) is 0 Å². The Morgan fingerprint density at radius 1 is 0.800 bits per heavy atom. The molecule has 0 unspecified atom stereocenters. The van der Waals surface area contributed by atoms with E-state index in [1.165, 1.54) is 6.07 Å². The van der Waals surface area contributed by atoms with Crippen molar-refractivity contribution >= 4 is 76.2 Å². The smallest absolute Gasteiger partial charge is 0.306 e. The van der Waals surface area contributed by atoms with Gasteiger partial charge in [-0.3, -0.25) is 30.3 Å². The molecule has 0 aliphatic carbocycles. The van der Waals surface area contributed by atoms with Gasteiger partial charge in [0.1, 0.15) is 0 Å². The van der Waals surface area contributed by atoms with Gasteiger partial charge in [0.15, 0.2) is 5.69 Å². The van der Waals surface area contributed by atoms with Crippen molar-refractivity contribution in [3.8, 4) is 0 Å². The monoisotopic (exact) mass is 538 g/mol. The van der Waals surface area contributed by atoms with Gasteiger partial charge in [0.05, 0.1) is 37.1 Å². The van der Waals surface area contributed by atoms with Gasteiger partial charge in [0.2, 0.25) is 0 Å². The third-order valence-electron chi connectivity index (χ3n) is 2.94. The highest BCUT2D eigenvalue weighted by Crippen LogP contribution is 2.43. The van der Waals surface area contributed by atoms with Gasteiger partial charge >= 0.3 is 11.4 Å². The first-order valence-corrected chi connectivity index (χ1v) is 8.52. The summed E-state index contributed by atoms with van der Waals surface area (Å²) < 4.78 is 1.63.